The quantitative estimate of drug-likeness (QED) is 0.855. The van der Waals surface area contributed by atoms with Crippen LogP contribution in [0.4, 0.5) is 0 Å². The molecule has 0 radical (unpaired) electrons. The number of carbonyl (C=O) groups excluding carboxylic acids is 1. The molecule has 0 bridgehead atoms. The summed E-state index contributed by atoms with van der Waals surface area (Å²) in [7, 11) is 0. The number of nitrogens with two attached hydrogens (primary N) is 1. The van der Waals surface area contributed by atoms with Crippen LogP contribution in [0.3, 0.4) is 0 Å². The molecule has 0 aliphatic heterocycles. The SMILES string of the molecule is CC1CCCC1NC(=O)c1csc(CCN)n1. The van der Waals surface area contributed by atoms with E-state index in [0.29, 0.717) is 24.2 Å². The van der Waals surface area contributed by atoms with E-state index in [1.54, 1.807) is 0 Å². The molecule has 5 heteroatoms. The summed E-state index contributed by atoms with van der Waals surface area (Å²) in [6.45, 7) is 2.77. The Kier molecular flexibility index (Phi) is 4.12. The first kappa shape index (κ1) is 12.5. The monoisotopic (exact) mass is 253 g/mol. The van der Waals surface area contributed by atoms with Gasteiger partial charge in [0.05, 0.1) is 5.01 Å². The van der Waals surface area contributed by atoms with Gasteiger partial charge in [-0.25, -0.2) is 4.98 Å². The Labute approximate surface area is 106 Å². The molecule has 1 aliphatic rings. The Balaban J connectivity index is 1.94. The first-order valence-corrected chi connectivity index (χ1v) is 7.04. The van der Waals surface area contributed by atoms with Gasteiger partial charge in [0, 0.05) is 17.8 Å². The molecular weight excluding hydrogens is 234 g/mol. The van der Waals surface area contributed by atoms with Gasteiger partial charge < -0.3 is 11.1 Å². The first-order valence-electron chi connectivity index (χ1n) is 6.16. The molecule has 2 atom stereocenters. The Morgan fingerprint density at radius 2 is 2.47 bits per heavy atom. The number of nitrogens with one attached hydrogen (secondary N) is 1. The van der Waals surface area contributed by atoms with Gasteiger partial charge >= 0.3 is 0 Å². The van der Waals surface area contributed by atoms with Crippen LogP contribution in [0.1, 0.15) is 41.7 Å². The highest BCUT2D eigenvalue weighted by Crippen LogP contribution is 2.25. The summed E-state index contributed by atoms with van der Waals surface area (Å²) in [5, 5.41) is 5.84. The van der Waals surface area contributed by atoms with Crippen LogP contribution in [0.2, 0.25) is 0 Å². The highest BCUT2D eigenvalue weighted by Gasteiger charge is 2.25. The Bertz CT molecular complexity index is 391. The minimum absolute atomic E-state index is 0.0386. The van der Waals surface area contributed by atoms with E-state index in [9.17, 15) is 4.79 Å². The molecule has 1 amide bonds. The number of thiazole rings is 1. The van der Waals surface area contributed by atoms with E-state index < -0.39 is 0 Å². The molecule has 1 heterocycles. The van der Waals surface area contributed by atoms with E-state index >= 15 is 0 Å². The zero-order valence-corrected chi connectivity index (χ0v) is 10.9. The minimum atomic E-state index is -0.0386. The molecule has 0 spiro atoms. The van der Waals surface area contributed by atoms with Crippen LogP contribution in [0.15, 0.2) is 5.38 Å². The van der Waals surface area contributed by atoms with Gasteiger partial charge in [-0.15, -0.1) is 11.3 Å². The molecule has 1 aliphatic carbocycles. The van der Waals surface area contributed by atoms with Crippen LogP contribution in [-0.2, 0) is 6.42 Å². The van der Waals surface area contributed by atoms with E-state index in [1.165, 1.54) is 24.2 Å². The lowest BCUT2D eigenvalue weighted by molar-refractivity contribution is 0.0925. The number of hydrogen-bond acceptors (Lipinski definition) is 4. The summed E-state index contributed by atoms with van der Waals surface area (Å²) in [6.07, 6.45) is 4.26. The van der Waals surface area contributed by atoms with E-state index in [-0.39, 0.29) is 5.91 Å². The predicted octanol–water partition coefficient (Wildman–Crippen LogP) is 1.56. The maximum absolute atomic E-state index is 12.0. The number of rotatable bonds is 4. The topological polar surface area (TPSA) is 68.0 Å². The fourth-order valence-electron chi connectivity index (χ4n) is 2.26. The fraction of sp³-hybridized carbons (Fsp3) is 0.667. The van der Waals surface area contributed by atoms with Gasteiger partial charge in [0.1, 0.15) is 5.69 Å². The van der Waals surface area contributed by atoms with Gasteiger partial charge in [-0.2, -0.15) is 0 Å². The molecule has 1 fully saturated rings. The molecule has 2 unspecified atom stereocenters. The van der Waals surface area contributed by atoms with Crippen LogP contribution in [0.5, 0.6) is 0 Å². The van der Waals surface area contributed by atoms with Crippen molar-refractivity contribution in [3.05, 3.63) is 16.1 Å². The second-order valence-electron chi connectivity index (χ2n) is 4.65. The lowest BCUT2D eigenvalue weighted by Gasteiger charge is -2.16. The zero-order valence-electron chi connectivity index (χ0n) is 10.1. The van der Waals surface area contributed by atoms with Gasteiger partial charge in [-0.3, -0.25) is 4.79 Å². The Morgan fingerprint density at radius 3 is 3.12 bits per heavy atom. The van der Waals surface area contributed by atoms with Crippen molar-refractivity contribution in [3.63, 3.8) is 0 Å². The normalized spacial score (nSPS) is 23.9. The first-order chi connectivity index (χ1) is 8.20. The van der Waals surface area contributed by atoms with Gasteiger partial charge in [0.25, 0.3) is 5.91 Å². The highest BCUT2D eigenvalue weighted by atomic mass is 32.1. The van der Waals surface area contributed by atoms with Gasteiger partial charge in [0.15, 0.2) is 0 Å². The lowest BCUT2D eigenvalue weighted by Crippen LogP contribution is -2.36. The maximum atomic E-state index is 12.0. The van der Waals surface area contributed by atoms with Crippen molar-refractivity contribution in [1.82, 2.24) is 10.3 Å². The minimum Gasteiger partial charge on any atom is -0.348 e. The molecule has 3 N–H and O–H groups in total. The zero-order chi connectivity index (χ0) is 12.3. The van der Waals surface area contributed by atoms with Gasteiger partial charge in [-0.1, -0.05) is 13.3 Å². The van der Waals surface area contributed by atoms with Crippen molar-refractivity contribution in [2.75, 3.05) is 6.54 Å². The number of amides is 1. The van der Waals surface area contributed by atoms with E-state index in [2.05, 4.69) is 17.2 Å². The molecule has 1 saturated carbocycles. The fourth-order valence-corrected chi connectivity index (χ4v) is 3.05. The third kappa shape index (κ3) is 3.04. The smallest absolute Gasteiger partial charge is 0.270 e. The average molecular weight is 253 g/mol. The van der Waals surface area contributed by atoms with Crippen molar-refractivity contribution >= 4 is 17.2 Å². The highest BCUT2D eigenvalue weighted by molar-refractivity contribution is 7.09. The Morgan fingerprint density at radius 1 is 1.65 bits per heavy atom. The largest absolute Gasteiger partial charge is 0.348 e. The van der Waals surface area contributed by atoms with E-state index in [4.69, 9.17) is 5.73 Å². The average Bonchev–Trinajstić information content (AvgIpc) is 2.90. The van der Waals surface area contributed by atoms with Crippen molar-refractivity contribution in [1.29, 1.82) is 0 Å². The van der Waals surface area contributed by atoms with Gasteiger partial charge in [-0.05, 0) is 25.3 Å². The standard InChI is InChI=1S/C12H19N3OS/c1-8-3-2-4-9(8)15-12(16)10-7-17-11(14-10)5-6-13/h7-9H,2-6,13H2,1H3,(H,15,16). The summed E-state index contributed by atoms with van der Waals surface area (Å²) in [4.78, 5) is 16.3. The lowest BCUT2D eigenvalue weighted by atomic mass is 10.1. The third-order valence-corrected chi connectivity index (χ3v) is 4.23. The van der Waals surface area contributed by atoms with E-state index in [0.717, 1.165) is 17.8 Å². The van der Waals surface area contributed by atoms with Crippen molar-refractivity contribution in [2.24, 2.45) is 11.7 Å². The van der Waals surface area contributed by atoms with Crippen LogP contribution < -0.4 is 11.1 Å². The number of aromatic nitrogens is 1. The van der Waals surface area contributed by atoms with Crippen molar-refractivity contribution in [2.45, 2.75) is 38.6 Å². The summed E-state index contributed by atoms with van der Waals surface area (Å²) in [6, 6.07) is 0.321. The second kappa shape index (κ2) is 5.60. The molecule has 94 valence electrons. The number of carbonyl (C=O) groups is 1. The van der Waals surface area contributed by atoms with Crippen molar-refractivity contribution in [3.8, 4) is 0 Å². The number of nitrogens with zero attached hydrogens (tertiary/aromatic N) is 1. The molecule has 0 aromatic carbocycles. The van der Waals surface area contributed by atoms with Crippen LogP contribution in [0.25, 0.3) is 0 Å². The third-order valence-electron chi connectivity index (χ3n) is 3.32. The summed E-state index contributed by atoms with van der Waals surface area (Å²) >= 11 is 1.51. The summed E-state index contributed by atoms with van der Waals surface area (Å²) in [5.41, 5.74) is 6.00. The van der Waals surface area contributed by atoms with Gasteiger partial charge in [0.2, 0.25) is 0 Å². The van der Waals surface area contributed by atoms with Crippen LogP contribution >= 0.6 is 11.3 Å². The Hall–Kier alpha value is -0.940. The molecule has 0 saturated heterocycles. The second-order valence-corrected chi connectivity index (χ2v) is 5.60. The molecule has 1 aromatic rings. The molecule has 17 heavy (non-hydrogen) atoms. The van der Waals surface area contributed by atoms with Crippen LogP contribution in [-0.4, -0.2) is 23.5 Å². The van der Waals surface area contributed by atoms with Crippen molar-refractivity contribution < 1.29 is 4.79 Å². The van der Waals surface area contributed by atoms with E-state index in [1.807, 2.05) is 5.38 Å². The predicted molar refractivity (Wildman–Crippen MR) is 69.1 cm³/mol. The molecule has 4 nitrogen and oxygen atoms in total. The maximum Gasteiger partial charge on any atom is 0.270 e. The molecule has 2 rings (SSSR count). The number of hydrogen-bond donors (Lipinski definition) is 2. The molecule has 1 aromatic heterocycles. The van der Waals surface area contributed by atoms with Crippen LogP contribution in [0, 0.1) is 5.92 Å². The summed E-state index contributed by atoms with van der Waals surface area (Å²) in [5.74, 6) is 0.546. The summed E-state index contributed by atoms with van der Waals surface area (Å²) < 4.78 is 0. The molecular formula is C12H19N3OS.